The van der Waals surface area contributed by atoms with Crippen molar-refractivity contribution in [2.75, 3.05) is 18.6 Å². The van der Waals surface area contributed by atoms with Gasteiger partial charge in [-0.05, 0) is 6.92 Å². The normalized spacial score (nSPS) is 11.3. The number of nitrogens with two attached hydrogens (primary N) is 1. The summed E-state index contributed by atoms with van der Waals surface area (Å²) in [6.45, 7) is 1.78. The molecule has 0 aliphatic heterocycles. The van der Waals surface area contributed by atoms with Crippen LogP contribution >= 0.6 is 0 Å². The smallest absolute Gasteiger partial charge is 0.264 e. The molecule has 88 valence electrons. The lowest BCUT2D eigenvalue weighted by atomic mass is 10.3. The Balaban J connectivity index is 2.73. The Morgan fingerprint density at radius 1 is 1.62 bits per heavy atom. The molecule has 0 saturated heterocycles. The van der Waals surface area contributed by atoms with Crippen molar-refractivity contribution >= 4 is 15.9 Å². The SMILES string of the molecule is Cc1nn(CCOS(C)(=O)=O)c(N)c1C#N. The highest BCUT2D eigenvalue weighted by Crippen LogP contribution is 2.14. The molecule has 0 fully saturated rings. The van der Waals surface area contributed by atoms with Crippen molar-refractivity contribution in [2.24, 2.45) is 0 Å². The van der Waals surface area contributed by atoms with Crippen LogP contribution < -0.4 is 5.73 Å². The molecule has 2 N–H and O–H groups in total. The van der Waals surface area contributed by atoms with Crippen molar-refractivity contribution < 1.29 is 12.6 Å². The molecular weight excluding hydrogens is 232 g/mol. The zero-order valence-corrected chi connectivity index (χ0v) is 9.78. The Hall–Kier alpha value is -1.59. The van der Waals surface area contributed by atoms with E-state index in [-0.39, 0.29) is 19.0 Å². The van der Waals surface area contributed by atoms with E-state index in [2.05, 4.69) is 9.28 Å². The number of anilines is 1. The molecule has 0 atom stereocenters. The minimum absolute atomic E-state index is 0.0605. The van der Waals surface area contributed by atoms with E-state index in [4.69, 9.17) is 11.0 Å². The van der Waals surface area contributed by atoms with Gasteiger partial charge in [-0.25, -0.2) is 4.68 Å². The maximum Gasteiger partial charge on any atom is 0.264 e. The van der Waals surface area contributed by atoms with Crippen LogP contribution in [0.4, 0.5) is 5.82 Å². The molecule has 0 bridgehead atoms. The highest BCUT2D eigenvalue weighted by Gasteiger charge is 2.12. The van der Waals surface area contributed by atoms with Gasteiger partial charge in [0.05, 0.1) is 25.1 Å². The first kappa shape index (κ1) is 12.5. The molecule has 1 aromatic heterocycles. The molecule has 1 aromatic rings. The van der Waals surface area contributed by atoms with E-state index in [1.165, 1.54) is 4.68 Å². The summed E-state index contributed by atoms with van der Waals surface area (Å²) < 4.78 is 27.3. The third kappa shape index (κ3) is 2.95. The second-order valence-electron chi connectivity index (χ2n) is 3.21. The molecule has 0 spiro atoms. The van der Waals surface area contributed by atoms with Crippen LogP contribution in [-0.4, -0.2) is 31.1 Å². The highest BCUT2D eigenvalue weighted by atomic mass is 32.2. The van der Waals surface area contributed by atoms with Crippen LogP contribution in [0.25, 0.3) is 0 Å². The summed E-state index contributed by atoms with van der Waals surface area (Å²) >= 11 is 0. The Bertz CT molecular complexity index is 526. The van der Waals surface area contributed by atoms with Crippen molar-refractivity contribution in [1.82, 2.24) is 9.78 Å². The summed E-state index contributed by atoms with van der Waals surface area (Å²) in [6.07, 6.45) is 0.964. The fourth-order valence-electron chi connectivity index (χ4n) is 1.18. The fourth-order valence-corrected chi connectivity index (χ4v) is 1.56. The molecule has 0 unspecified atom stereocenters. The summed E-state index contributed by atoms with van der Waals surface area (Å²) in [7, 11) is -3.46. The van der Waals surface area contributed by atoms with Gasteiger partial charge in [-0.15, -0.1) is 0 Å². The average molecular weight is 244 g/mol. The minimum atomic E-state index is -3.46. The van der Waals surface area contributed by atoms with Gasteiger partial charge in [-0.1, -0.05) is 0 Å². The van der Waals surface area contributed by atoms with Crippen LogP contribution in [0, 0.1) is 18.3 Å². The largest absolute Gasteiger partial charge is 0.383 e. The Morgan fingerprint density at radius 2 is 2.25 bits per heavy atom. The lowest BCUT2D eigenvalue weighted by molar-refractivity contribution is 0.298. The van der Waals surface area contributed by atoms with Gasteiger partial charge in [0.15, 0.2) is 0 Å². The van der Waals surface area contributed by atoms with Crippen molar-refractivity contribution in [3.05, 3.63) is 11.3 Å². The monoisotopic (exact) mass is 244 g/mol. The number of nitrogens with zero attached hydrogens (tertiary/aromatic N) is 3. The van der Waals surface area contributed by atoms with Crippen molar-refractivity contribution in [1.29, 1.82) is 5.26 Å². The molecule has 1 rings (SSSR count). The molecule has 1 heterocycles. The standard InChI is InChI=1S/C8H12N4O3S/c1-6-7(5-9)8(10)12(11-6)3-4-15-16(2,13)14/h3-4,10H2,1-2H3. The first-order valence-electron chi connectivity index (χ1n) is 4.42. The molecule has 0 aliphatic carbocycles. The van der Waals surface area contributed by atoms with E-state index in [0.717, 1.165) is 6.26 Å². The molecular formula is C8H12N4O3S. The van der Waals surface area contributed by atoms with E-state index in [1.807, 2.05) is 6.07 Å². The third-order valence-corrected chi connectivity index (χ3v) is 2.47. The van der Waals surface area contributed by atoms with Gasteiger partial charge < -0.3 is 5.73 Å². The zero-order valence-electron chi connectivity index (χ0n) is 8.97. The third-order valence-electron chi connectivity index (χ3n) is 1.88. The second kappa shape index (κ2) is 4.51. The summed E-state index contributed by atoms with van der Waals surface area (Å²) in [4.78, 5) is 0. The predicted octanol–water partition coefficient (Wildman–Crippen LogP) is -0.378. The number of hydrogen-bond donors (Lipinski definition) is 1. The van der Waals surface area contributed by atoms with Crippen LogP contribution in [0.5, 0.6) is 0 Å². The molecule has 0 amide bonds. The summed E-state index contributed by atoms with van der Waals surface area (Å²) in [5.74, 6) is 0.220. The first-order valence-corrected chi connectivity index (χ1v) is 6.24. The quantitative estimate of drug-likeness (QED) is 0.723. The van der Waals surface area contributed by atoms with E-state index in [9.17, 15) is 8.42 Å². The molecule has 7 nitrogen and oxygen atoms in total. The second-order valence-corrected chi connectivity index (χ2v) is 4.85. The summed E-state index contributed by atoms with van der Waals surface area (Å²) in [5.41, 5.74) is 6.46. The molecule has 0 radical (unpaired) electrons. The van der Waals surface area contributed by atoms with Gasteiger partial charge in [-0.2, -0.15) is 18.8 Å². The summed E-state index contributed by atoms with van der Waals surface area (Å²) in [5, 5.41) is 12.8. The van der Waals surface area contributed by atoms with Gasteiger partial charge >= 0.3 is 0 Å². The highest BCUT2D eigenvalue weighted by molar-refractivity contribution is 7.85. The number of aryl methyl sites for hydroxylation is 1. The molecule has 0 aliphatic rings. The van der Waals surface area contributed by atoms with E-state index < -0.39 is 10.1 Å². The molecule has 0 aromatic carbocycles. The number of nitriles is 1. The number of aromatic nitrogens is 2. The van der Waals surface area contributed by atoms with Crippen molar-refractivity contribution in [3.63, 3.8) is 0 Å². The van der Waals surface area contributed by atoms with Gasteiger partial charge in [0, 0.05) is 0 Å². The number of rotatable bonds is 4. The lowest BCUT2D eigenvalue weighted by Crippen LogP contribution is -2.13. The number of hydrogen-bond acceptors (Lipinski definition) is 6. The Morgan fingerprint density at radius 3 is 2.69 bits per heavy atom. The van der Waals surface area contributed by atoms with E-state index in [1.54, 1.807) is 6.92 Å². The number of nitrogen functional groups attached to an aromatic ring is 1. The van der Waals surface area contributed by atoms with Crippen LogP contribution in [0.15, 0.2) is 0 Å². The average Bonchev–Trinajstić information content (AvgIpc) is 2.40. The first-order chi connectivity index (χ1) is 7.35. The van der Waals surface area contributed by atoms with E-state index >= 15 is 0 Å². The van der Waals surface area contributed by atoms with Crippen LogP contribution in [-0.2, 0) is 20.8 Å². The van der Waals surface area contributed by atoms with Gasteiger partial charge in [0.2, 0.25) is 0 Å². The zero-order chi connectivity index (χ0) is 12.3. The molecule has 8 heteroatoms. The lowest BCUT2D eigenvalue weighted by Gasteiger charge is -2.03. The van der Waals surface area contributed by atoms with Crippen LogP contribution in [0.2, 0.25) is 0 Å². The van der Waals surface area contributed by atoms with Crippen molar-refractivity contribution in [2.45, 2.75) is 13.5 Å². The topological polar surface area (TPSA) is 111 Å². The molecule has 0 saturated carbocycles. The van der Waals surface area contributed by atoms with Crippen LogP contribution in [0.1, 0.15) is 11.3 Å². The van der Waals surface area contributed by atoms with Crippen LogP contribution in [0.3, 0.4) is 0 Å². The van der Waals surface area contributed by atoms with Gasteiger partial charge in [0.25, 0.3) is 10.1 Å². The fraction of sp³-hybridized carbons (Fsp3) is 0.500. The predicted molar refractivity (Wildman–Crippen MR) is 56.9 cm³/mol. The maximum absolute atomic E-state index is 10.7. The van der Waals surface area contributed by atoms with Gasteiger partial charge in [-0.3, -0.25) is 4.18 Å². The van der Waals surface area contributed by atoms with Gasteiger partial charge in [0.1, 0.15) is 17.5 Å². The molecule has 16 heavy (non-hydrogen) atoms. The Labute approximate surface area is 93.5 Å². The van der Waals surface area contributed by atoms with E-state index in [0.29, 0.717) is 11.3 Å². The maximum atomic E-state index is 10.7. The minimum Gasteiger partial charge on any atom is -0.383 e. The van der Waals surface area contributed by atoms with Crippen molar-refractivity contribution in [3.8, 4) is 6.07 Å². The Kier molecular flexibility index (Phi) is 3.51. The summed E-state index contributed by atoms with van der Waals surface area (Å²) in [6, 6.07) is 1.92.